The largest absolute Gasteiger partial charge is 0.455 e. The Balaban J connectivity index is 2.82. The van der Waals surface area contributed by atoms with Crippen LogP contribution in [0.5, 0.6) is 0 Å². The van der Waals surface area contributed by atoms with Gasteiger partial charge in [-0.1, -0.05) is 0 Å². The summed E-state index contributed by atoms with van der Waals surface area (Å²) in [7, 11) is -4.73. The zero-order chi connectivity index (χ0) is 15.5. The molecule has 11 heteroatoms. The van der Waals surface area contributed by atoms with E-state index in [9.17, 15) is 23.1 Å². The molecule has 116 valence electrons. The second-order valence-electron chi connectivity index (χ2n) is 3.93. The molecule has 1 fully saturated rings. The fourth-order valence-electron chi connectivity index (χ4n) is 1.65. The summed E-state index contributed by atoms with van der Waals surface area (Å²) in [5, 5.41) is 9.56. The Morgan fingerprint density at radius 1 is 1.15 bits per heavy atom. The number of aliphatic hydroxyl groups excluding tert-OH is 1. The van der Waals surface area contributed by atoms with Crippen molar-refractivity contribution in [2.45, 2.75) is 38.4 Å². The van der Waals surface area contributed by atoms with Gasteiger partial charge in [0, 0.05) is 13.8 Å². The van der Waals surface area contributed by atoms with Gasteiger partial charge in [-0.3, -0.25) is 14.1 Å². The van der Waals surface area contributed by atoms with Crippen LogP contribution in [0.4, 0.5) is 0 Å². The monoisotopic (exact) mass is 314 g/mol. The molecule has 0 saturated carbocycles. The molecule has 10 nitrogen and oxygen atoms in total. The SMILES string of the molecule is CC(=O)O[C@@H]1[C@H](OC(C)=O)[C@@H](COS(=O)(=O)O)O[C@H]1O. The van der Waals surface area contributed by atoms with Crippen molar-refractivity contribution in [2.75, 3.05) is 6.61 Å². The van der Waals surface area contributed by atoms with Crippen LogP contribution in [0.25, 0.3) is 0 Å². The van der Waals surface area contributed by atoms with E-state index in [1.807, 2.05) is 0 Å². The molecule has 0 amide bonds. The Morgan fingerprint density at radius 2 is 1.65 bits per heavy atom. The van der Waals surface area contributed by atoms with Crippen molar-refractivity contribution < 1.29 is 46.1 Å². The Bertz CT molecular complexity index is 471. The van der Waals surface area contributed by atoms with Crippen LogP contribution in [0, 0.1) is 0 Å². The van der Waals surface area contributed by atoms with E-state index < -0.39 is 53.5 Å². The van der Waals surface area contributed by atoms with Crippen molar-refractivity contribution >= 4 is 22.3 Å². The normalized spacial score (nSPS) is 30.0. The minimum atomic E-state index is -4.73. The van der Waals surface area contributed by atoms with E-state index in [1.54, 1.807) is 0 Å². The van der Waals surface area contributed by atoms with E-state index in [0.29, 0.717) is 0 Å². The highest BCUT2D eigenvalue weighted by molar-refractivity contribution is 7.80. The highest BCUT2D eigenvalue weighted by Gasteiger charge is 2.49. The third kappa shape index (κ3) is 5.02. The highest BCUT2D eigenvalue weighted by Crippen LogP contribution is 2.26. The van der Waals surface area contributed by atoms with E-state index in [2.05, 4.69) is 4.18 Å². The van der Waals surface area contributed by atoms with Gasteiger partial charge in [0.2, 0.25) is 0 Å². The molecule has 0 unspecified atom stereocenters. The molecule has 1 heterocycles. The van der Waals surface area contributed by atoms with E-state index >= 15 is 0 Å². The van der Waals surface area contributed by atoms with Crippen molar-refractivity contribution in [2.24, 2.45) is 0 Å². The molecule has 2 N–H and O–H groups in total. The third-order valence-electron chi connectivity index (χ3n) is 2.27. The predicted molar refractivity (Wildman–Crippen MR) is 59.5 cm³/mol. The number of hydrogen-bond donors (Lipinski definition) is 2. The molecule has 0 bridgehead atoms. The van der Waals surface area contributed by atoms with Crippen molar-refractivity contribution in [1.29, 1.82) is 0 Å². The molecule has 1 rings (SSSR count). The zero-order valence-electron chi connectivity index (χ0n) is 10.6. The molecule has 0 aromatic heterocycles. The fourth-order valence-corrected chi connectivity index (χ4v) is 1.95. The summed E-state index contributed by atoms with van der Waals surface area (Å²) >= 11 is 0. The lowest BCUT2D eigenvalue weighted by Crippen LogP contribution is -2.41. The molecule has 0 aromatic rings. The van der Waals surface area contributed by atoms with Crippen LogP contribution in [-0.2, 0) is 38.4 Å². The van der Waals surface area contributed by atoms with Crippen LogP contribution in [0.2, 0.25) is 0 Å². The third-order valence-corrected chi connectivity index (χ3v) is 2.70. The first-order chi connectivity index (χ1) is 9.10. The molecule has 1 aliphatic heterocycles. The number of rotatable bonds is 5. The maximum Gasteiger partial charge on any atom is 0.397 e. The first-order valence-electron chi connectivity index (χ1n) is 5.40. The molecule has 1 aliphatic rings. The average molecular weight is 314 g/mol. The predicted octanol–water partition coefficient (Wildman–Crippen LogP) is -1.61. The van der Waals surface area contributed by atoms with Crippen LogP contribution in [-0.4, -0.2) is 61.2 Å². The highest BCUT2D eigenvalue weighted by atomic mass is 32.3. The minimum Gasteiger partial charge on any atom is -0.455 e. The molecule has 0 radical (unpaired) electrons. The van der Waals surface area contributed by atoms with Crippen LogP contribution in [0.3, 0.4) is 0 Å². The van der Waals surface area contributed by atoms with Gasteiger partial charge in [0.1, 0.15) is 6.10 Å². The fraction of sp³-hybridized carbons (Fsp3) is 0.778. The lowest BCUT2D eigenvalue weighted by molar-refractivity contribution is -0.174. The second kappa shape index (κ2) is 6.45. The molecular weight excluding hydrogens is 300 g/mol. The summed E-state index contributed by atoms with van der Waals surface area (Å²) in [5.74, 6) is -1.52. The summed E-state index contributed by atoms with van der Waals surface area (Å²) in [5.41, 5.74) is 0. The minimum absolute atomic E-state index is 0.731. The number of esters is 2. The molecule has 1 saturated heterocycles. The molecule has 0 aromatic carbocycles. The number of aliphatic hydroxyl groups is 1. The number of carbonyl (C=O) groups is 2. The first kappa shape index (κ1) is 16.8. The molecule has 20 heavy (non-hydrogen) atoms. The van der Waals surface area contributed by atoms with E-state index in [-0.39, 0.29) is 0 Å². The number of hydrogen-bond acceptors (Lipinski definition) is 9. The summed E-state index contributed by atoms with van der Waals surface area (Å²) in [4.78, 5) is 21.9. The molecule has 0 aliphatic carbocycles. The average Bonchev–Trinajstić information content (AvgIpc) is 2.52. The summed E-state index contributed by atoms with van der Waals surface area (Å²) in [6, 6.07) is 0. The smallest absolute Gasteiger partial charge is 0.397 e. The van der Waals surface area contributed by atoms with E-state index in [1.165, 1.54) is 0 Å². The van der Waals surface area contributed by atoms with Gasteiger partial charge in [0.05, 0.1) is 6.61 Å². The molecule has 0 spiro atoms. The van der Waals surface area contributed by atoms with Gasteiger partial charge in [-0.25, -0.2) is 4.18 Å². The standard InChI is InChI=1S/C9H14O10S/c1-4(10)17-7-6(3-16-20(13,14)15)19-9(12)8(7)18-5(2)11/h6-9,12H,3H2,1-2H3,(H,13,14,15)/t6-,7-,8-,9-/m1/s1. The van der Waals surface area contributed by atoms with Gasteiger partial charge in [-0.2, -0.15) is 8.42 Å². The number of ether oxygens (including phenoxy) is 3. The Labute approximate surface area is 114 Å². The summed E-state index contributed by atoms with van der Waals surface area (Å²) in [6.45, 7) is 1.40. The van der Waals surface area contributed by atoms with Gasteiger partial charge in [-0.15, -0.1) is 0 Å². The van der Waals surface area contributed by atoms with Crippen LogP contribution in [0.15, 0.2) is 0 Å². The van der Waals surface area contributed by atoms with Gasteiger partial charge in [0.25, 0.3) is 0 Å². The van der Waals surface area contributed by atoms with Crippen molar-refractivity contribution in [3.8, 4) is 0 Å². The summed E-state index contributed by atoms with van der Waals surface area (Å²) < 4.78 is 47.9. The lowest BCUT2D eigenvalue weighted by atomic mass is 10.1. The maximum absolute atomic E-state index is 11.0. The quantitative estimate of drug-likeness (QED) is 0.448. The lowest BCUT2D eigenvalue weighted by Gasteiger charge is -2.21. The van der Waals surface area contributed by atoms with Crippen LogP contribution >= 0.6 is 0 Å². The Hall–Kier alpha value is -1.27. The zero-order valence-corrected chi connectivity index (χ0v) is 11.4. The topological polar surface area (TPSA) is 146 Å². The Morgan fingerprint density at radius 3 is 2.10 bits per heavy atom. The maximum atomic E-state index is 11.0. The van der Waals surface area contributed by atoms with Crippen LogP contribution in [0.1, 0.15) is 13.8 Å². The molecule has 4 atom stereocenters. The van der Waals surface area contributed by atoms with Gasteiger partial charge >= 0.3 is 22.3 Å². The van der Waals surface area contributed by atoms with E-state index in [0.717, 1.165) is 13.8 Å². The summed E-state index contributed by atoms with van der Waals surface area (Å²) in [6.07, 6.45) is -5.46. The van der Waals surface area contributed by atoms with Gasteiger partial charge < -0.3 is 19.3 Å². The van der Waals surface area contributed by atoms with Crippen molar-refractivity contribution in [1.82, 2.24) is 0 Å². The van der Waals surface area contributed by atoms with Gasteiger partial charge in [0.15, 0.2) is 18.5 Å². The first-order valence-corrected chi connectivity index (χ1v) is 6.76. The second-order valence-corrected chi connectivity index (χ2v) is 5.02. The Kier molecular flexibility index (Phi) is 5.42. The van der Waals surface area contributed by atoms with Gasteiger partial charge in [-0.05, 0) is 0 Å². The molecular formula is C9H14O10S. The number of carbonyl (C=O) groups excluding carboxylic acids is 2. The van der Waals surface area contributed by atoms with Crippen LogP contribution < -0.4 is 0 Å². The van der Waals surface area contributed by atoms with E-state index in [4.69, 9.17) is 18.8 Å². The van der Waals surface area contributed by atoms with Crippen molar-refractivity contribution in [3.05, 3.63) is 0 Å². The van der Waals surface area contributed by atoms with Crippen molar-refractivity contribution in [3.63, 3.8) is 0 Å².